The molecule has 0 bridgehead atoms. The molecule has 0 radical (unpaired) electrons. The zero-order chi connectivity index (χ0) is 29.4. The number of hydrogen-bond acceptors (Lipinski definition) is 5. The molecule has 2 N–H and O–H groups in total. The van der Waals surface area contributed by atoms with E-state index in [0.717, 1.165) is 36.2 Å². The second-order valence-corrected chi connectivity index (χ2v) is 10.8. The molecule has 2 heterocycles. The summed E-state index contributed by atoms with van der Waals surface area (Å²) in [6.07, 6.45) is 4.27. The third-order valence-electron chi connectivity index (χ3n) is 6.99. The largest absolute Gasteiger partial charge is 0.466 e. The van der Waals surface area contributed by atoms with Crippen LogP contribution in [0.15, 0.2) is 48.5 Å². The van der Waals surface area contributed by atoms with E-state index in [1.54, 1.807) is 29.8 Å². The quantitative estimate of drug-likeness (QED) is 0.258. The summed E-state index contributed by atoms with van der Waals surface area (Å²) in [5.41, 5.74) is 2.87. The Labute approximate surface area is 250 Å². The number of halogens is 2. The normalized spacial score (nSPS) is 13.6. The van der Waals surface area contributed by atoms with E-state index in [-0.39, 0.29) is 29.2 Å². The van der Waals surface area contributed by atoms with Crippen molar-refractivity contribution in [2.75, 3.05) is 30.3 Å². The van der Waals surface area contributed by atoms with Crippen molar-refractivity contribution in [3.63, 3.8) is 0 Å². The van der Waals surface area contributed by atoms with Crippen molar-refractivity contribution in [1.29, 1.82) is 0 Å². The van der Waals surface area contributed by atoms with Gasteiger partial charge >= 0.3 is 12.0 Å². The average Bonchev–Trinajstić information content (AvgIpc) is 3.37. The van der Waals surface area contributed by atoms with Crippen molar-refractivity contribution in [3.05, 3.63) is 69.8 Å². The van der Waals surface area contributed by atoms with Crippen molar-refractivity contribution < 1.29 is 19.1 Å². The minimum Gasteiger partial charge on any atom is -0.466 e. The predicted octanol–water partition coefficient (Wildman–Crippen LogP) is 6.51. The smallest absolute Gasteiger partial charge is 0.324 e. The zero-order valence-corrected chi connectivity index (χ0v) is 24.8. The Hall–Kier alpha value is -3.56. The van der Waals surface area contributed by atoms with Gasteiger partial charge in [0.1, 0.15) is 5.82 Å². The summed E-state index contributed by atoms with van der Waals surface area (Å²) in [6.45, 7) is 5.38. The van der Waals surface area contributed by atoms with Crippen LogP contribution in [-0.2, 0) is 27.2 Å². The number of carbonyl (C=O) groups is 3. The van der Waals surface area contributed by atoms with Crippen LogP contribution in [0.5, 0.6) is 0 Å². The Balaban J connectivity index is 1.42. The summed E-state index contributed by atoms with van der Waals surface area (Å²) in [7, 11) is 0. The fourth-order valence-corrected chi connectivity index (χ4v) is 5.08. The minimum absolute atomic E-state index is 0.0275. The zero-order valence-electron chi connectivity index (χ0n) is 23.3. The van der Waals surface area contributed by atoms with Gasteiger partial charge in [-0.3, -0.25) is 14.9 Å². The van der Waals surface area contributed by atoms with E-state index in [2.05, 4.69) is 17.6 Å². The number of aromatic nitrogens is 2. The van der Waals surface area contributed by atoms with Gasteiger partial charge in [0.05, 0.1) is 46.1 Å². The first-order valence-electron chi connectivity index (χ1n) is 13.9. The van der Waals surface area contributed by atoms with Crippen LogP contribution in [0.4, 0.5) is 16.3 Å². The number of nitrogens with zero attached hydrogens (tertiary/aromatic N) is 3. The van der Waals surface area contributed by atoms with Crippen LogP contribution in [0.2, 0.25) is 10.0 Å². The topological polar surface area (TPSA) is 106 Å². The maximum Gasteiger partial charge on any atom is 0.324 e. The van der Waals surface area contributed by atoms with Gasteiger partial charge in [0.25, 0.3) is 0 Å². The molecule has 1 aromatic heterocycles. The van der Waals surface area contributed by atoms with Crippen LogP contribution in [-0.4, -0.2) is 52.3 Å². The number of nitrogens with one attached hydrogen (secondary N) is 2. The fourth-order valence-electron chi connectivity index (χ4n) is 4.73. The molecule has 0 atom stereocenters. The maximum absolute atomic E-state index is 12.9. The van der Waals surface area contributed by atoms with Gasteiger partial charge in [-0.2, -0.15) is 5.10 Å². The van der Waals surface area contributed by atoms with Gasteiger partial charge in [0, 0.05) is 19.2 Å². The summed E-state index contributed by atoms with van der Waals surface area (Å²) in [5.74, 6) is 0.216. The molecule has 1 fully saturated rings. The number of unbranched alkanes of at least 4 members (excludes halogenated alkanes) is 1. The Morgan fingerprint density at radius 2 is 1.76 bits per heavy atom. The molecule has 1 aliphatic heterocycles. The lowest BCUT2D eigenvalue weighted by Gasteiger charge is -2.31. The van der Waals surface area contributed by atoms with Gasteiger partial charge in [0.15, 0.2) is 0 Å². The first kappa shape index (κ1) is 30.4. The van der Waals surface area contributed by atoms with E-state index >= 15 is 0 Å². The van der Waals surface area contributed by atoms with Gasteiger partial charge in [-0.15, -0.1) is 0 Å². The number of ether oxygens (including phenoxy) is 1. The lowest BCUT2D eigenvalue weighted by molar-refractivity contribution is -0.151. The number of carbonyl (C=O) groups excluding carboxylic acids is 3. The van der Waals surface area contributed by atoms with Crippen LogP contribution in [0.1, 0.15) is 50.8 Å². The first-order valence-corrected chi connectivity index (χ1v) is 14.7. The monoisotopic (exact) mass is 599 g/mol. The second kappa shape index (κ2) is 14.4. The van der Waals surface area contributed by atoms with E-state index in [1.807, 2.05) is 35.2 Å². The van der Waals surface area contributed by atoms with Crippen molar-refractivity contribution in [2.24, 2.45) is 5.92 Å². The second-order valence-electron chi connectivity index (χ2n) is 9.97. The molecule has 3 amide bonds. The number of benzene rings is 2. The lowest BCUT2D eigenvalue weighted by Crippen LogP contribution is -2.41. The number of likely N-dealkylation sites (tertiary alicyclic amines) is 1. The van der Waals surface area contributed by atoms with Gasteiger partial charge in [0.2, 0.25) is 5.91 Å². The Morgan fingerprint density at radius 1 is 1.02 bits per heavy atom. The molecule has 1 saturated heterocycles. The highest BCUT2D eigenvalue weighted by Gasteiger charge is 2.28. The van der Waals surface area contributed by atoms with E-state index in [0.29, 0.717) is 49.1 Å². The average molecular weight is 601 g/mol. The van der Waals surface area contributed by atoms with Gasteiger partial charge in [-0.25, -0.2) is 9.48 Å². The van der Waals surface area contributed by atoms with Crippen LogP contribution in [0.3, 0.4) is 0 Å². The number of piperidine rings is 1. The number of hydrogen-bond donors (Lipinski definition) is 2. The van der Waals surface area contributed by atoms with Crippen molar-refractivity contribution in [3.8, 4) is 5.69 Å². The number of aryl methyl sites for hydroxylation is 1. The van der Waals surface area contributed by atoms with E-state index < -0.39 is 6.03 Å². The number of esters is 1. The van der Waals surface area contributed by atoms with E-state index in [1.165, 1.54) is 0 Å². The van der Waals surface area contributed by atoms with Crippen molar-refractivity contribution >= 4 is 52.6 Å². The predicted molar refractivity (Wildman–Crippen MR) is 161 cm³/mol. The molecule has 41 heavy (non-hydrogen) atoms. The molecule has 11 heteroatoms. The summed E-state index contributed by atoms with van der Waals surface area (Å²) in [6, 6.07) is 13.9. The van der Waals surface area contributed by atoms with Crippen molar-refractivity contribution in [1.82, 2.24) is 14.7 Å². The third kappa shape index (κ3) is 8.01. The Kier molecular flexibility index (Phi) is 10.7. The van der Waals surface area contributed by atoms with Crippen LogP contribution >= 0.6 is 23.2 Å². The molecule has 0 unspecified atom stereocenters. The highest BCUT2D eigenvalue weighted by molar-refractivity contribution is 6.44. The molecule has 3 aromatic rings. The summed E-state index contributed by atoms with van der Waals surface area (Å²) in [4.78, 5) is 39.6. The summed E-state index contributed by atoms with van der Waals surface area (Å²) < 4.78 is 6.80. The molecule has 2 aromatic carbocycles. The van der Waals surface area contributed by atoms with Gasteiger partial charge in [-0.05, 0) is 62.4 Å². The molecule has 1 aliphatic rings. The number of anilines is 2. The summed E-state index contributed by atoms with van der Waals surface area (Å²) >= 11 is 12.3. The molecule has 218 valence electrons. The van der Waals surface area contributed by atoms with Crippen molar-refractivity contribution in [2.45, 2.75) is 52.4 Å². The molecular weight excluding hydrogens is 565 g/mol. The highest BCUT2D eigenvalue weighted by atomic mass is 35.5. The third-order valence-corrected chi connectivity index (χ3v) is 7.81. The van der Waals surface area contributed by atoms with E-state index in [4.69, 9.17) is 33.0 Å². The fraction of sp³-hybridized carbons (Fsp3) is 0.400. The summed E-state index contributed by atoms with van der Waals surface area (Å²) in [5, 5.41) is 10.9. The van der Waals surface area contributed by atoms with Gasteiger partial charge < -0.3 is 15.0 Å². The molecule has 9 nitrogen and oxygen atoms in total. The molecular formula is C30H35Cl2N5O4. The molecule has 0 aliphatic carbocycles. The van der Waals surface area contributed by atoms with Gasteiger partial charge in [-0.1, -0.05) is 54.7 Å². The SMILES string of the molecule is CCCCc1cc(NC(=O)Nc2cccc(Cl)c2Cl)n(-c2ccc(CC(=O)N3CCC(C(=O)OCC)CC3)cc2)n1. The van der Waals surface area contributed by atoms with Crippen LogP contribution < -0.4 is 10.6 Å². The van der Waals surface area contributed by atoms with Crippen LogP contribution in [0.25, 0.3) is 5.69 Å². The molecule has 0 spiro atoms. The Morgan fingerprint density at radius 3 is 2.44 bits per heavy atom. The minimum atomic E-state index is -0.480. The standard InChI is InChI=1S/C30H35Cl2N5O4/c1-3-5-7-22-19-26(34-30(40)33-25-9-6-8-24(31)28(25)32)37(35-22)23-12-10-20(11-13-23)18-27(38)36-16-14-21(15-17-36)29(39)41-4-2/h6,8-13,19,21H,3-5,7,14-18H2,1-2H3,(H2,33,34,40). The highest BCUT2D eigenvalue weighted by Crippen LogP contribution is 2.30. The number of rotatable bonds is 10. The maximum atomic E-state index is 12.9. The Bertz CT molecular complexity index is 1370. The molecule has 4 rings (SSSR count). The number of urea groups is 1. The number of amides is 3. The molecule has 0 saturated carbocycles. The lowest BCUT2D eigenvalue weighted by atomic mass is 9.96. The first-order chi connectivity index (χ1) is 19.8. The van der Waals surface area contributed by atoms with Crippen LogP contribution in [0, 0.1) is 5.92 Å². The van der Waals surface area contributed by atoms with E-state index in [9.17, 15) is 14.4 Å².